The summed E-state index contributed by atoms with van der Waals surface area (Å²) < 4.78 is 11.2. The van der Waals surface area contributed by atoms with Crippen molar-refractivity contribution in [3.63, 3.8) is 0 Å². The van der Waals surface area contributed by atoms with Crippen molar-refractivity contribution in [1.29, 1.82) is 0 Å². The molecule has 0 bridgehead atoms. The molecule has 0 spiro atoms. The van der Waals surface area contributed by atoms with E-state index < -0.39 is 5.97 Å². The number of ether oxygens (including phenoxy) is 2. The summed E-state index contributed by atoms with van der Waals surface area (Å²) in [4.78, 5) is 23.5. The Morgan fingerprint density at radius 3 is 2.81 bits per heavy atom. The molecule has 0 aliphatic heterocycles. The second-order valence-electron chi connectivity index (χ2n) is 4.01. The number of rotatable bonds is 6. The molecule has 0 aliphatic rings. The standard InChI is InChI=1S/C12H16N6O3/c1-4-5-13-9-8(20-2)11(15-6-14-9)18-7-16-10(17-18)12(19)21-3/h6-7H,4-5H2,1-3H3,(H,13,14,15). The largest absolute Gasteiger partial charge is 0.490 e. The summed E-state index contributed by atoms with van der Waals surface area (Å²) in [6, 6.07) is 0. The van der Waals surface area contributed by atoms with Gasteiger partial charge in [0.2, 0.25) is 11.6 Å². The van der Waals surface area contributed by atoms with Crippen LogP contribution in [0.4, 0.5) is 5.82 Å². The summed E-state index contributed by atoms with van der Waals surface area (Å²) in [5, 5.41) is 7.15. The molecule has 0 aliphatic carbocycles. The number of aromatic nitrogens is 5. The summed E-state index contributed by atoms with van der Waals surface area (Å²) in [7, 11) is 2.78. The van der Waals surface area contributed by atoms with Gasteiger partial charge >= 0.3 is 5.97 Å². The van der Waals surface area contributed by atoms with E-state index in [9.17, 15) is 4.79 Å². The van der Waals surface area contributed by atoms with Gasteiger partial charge in [0.1, 0.15) is 12.7 Å². The van der Waals surface area contributed by atoms with Crippen LogP contribution in [-0.4, -0.2) is 51.5 Å². The Balaban J connectivity index is 2.38. The highest BCUT2D eigenvalue weighted by Crippen LogP contribution is 2.27. The van der Waals surface area contributed by atoms with Gasteiger partial charge in [0.05, 0.1) is 14.2 Å². The lowest BCUT2D eigenvalue weighted by atomic mass is 10.4. The Kier molecular flexibility index (Phi) is 4.64. The molecule has 2 heterocycles. The number of nitrogens with one attached hydrogen (secondary N) is 1. The normalized spacial score (nSPS) is 10.2. The monoisotopic (exact) mass is 292 g/mol. The van der Waals surface area contributed by atoms with E-state index in [2.05, 4.69) is 30.1 Å². The predicted molar refractivity (Wildman–Crippen MR) is 73.6 cm³/mol. The van der Waals surface area contributed by atoms with Gasteiger partial charge < -0.3 is 14.8 Å². The first kappa shape index (κ1) is 14.7. The Hall–Kier alpha value is -2.71. The molecule has 0 saturated carbocycles. The molecule has 9 nitrogen and oxygen atoms in total. The van der Waals surface area contributed by atoms with Crippen molar-refractivity contribution in [3.05, 3.63) is 18.5 Å². The summed E-state index contributed by atoms with van der Waals surface area (Å²) in [6.45, 7) is 2.79. The van der Waals surface area contributed by atoms with Crippen LogP contribution in [0.5, 0.6) is 5.75 Å². The van der Waals surface area contributed by atoms with Crippen LogP contribution in [0.25, 0.3) is 5.82 Å². The lowest BCUT2D eigenvalue weighted by Crippen LogP contribution is -2.10. The average Bonchev–Trinajstić information content (AvgIpc) is 3.01. The van der Waals surface area contributed by atoms with Gasteiger partial charge in [-0.3, -0.25) is 0 Å². The zero-order valence-corrected chi connectivity index (χ0v) is 12.0. The van der Waals surface area contributed by atoms with Crippen molar-refractivity contribution in [2.45, 2.75) is 13.3 Å². The lowest BCUT2D eigenvalue weighted by Gasteiger charge is -2.11. The first-order valence-corrected chi connectivity index (χ1v) is 6.34. The second kappa shape index (κ2) is 6.64. The minimum absolute atomic E-state index is 0.0544. The van der Waals surface area contributed by atoms with Crippen molar-refractivity contribution in [1.82, 2.24) is 24.7 Å². The van der Waals surface area contributed by atoms with E-state index in [1.165, 1.54) is 31.6 Å². The Morgan fingerprint density at radius 1 is 1.33 bits per heavy atom. The highest BCUT2D eigenvalue weighted by molar-refractivity contribution is 5.84. The fourth-order valence-corrected chi connectivity index (χ4v) is 1.63. The molecular weight excluding hydrogens is 276 g/mol. The topological polar surface area (TPSA) is 104 Å². The van der Waals surface area contributed by atoms with Gasteiger partial charge in [0.15, 0.2) is 5.82 Å². The van der Waals surface area contributed by atoms with Crippen LogP contribution in [0.1, 0.15) is 24.0 Å². The van der Waals surface area contributed by atoms with Gasteiger partial charge in [-0.15, -0.1) is 5.10 Å². The molecule has 0 fully saturated rings. The molecule has 21 heavy (non-hydrogen) atoms. The van der Waals surface area contributed by atoms with Crippen LogP contribution >= 0.6 is 0 Å². The summed E-state index contributed by atoms with van der Waals surface area (Å²) in [5.74, 6) is 0.688. The van der Waals surface area contributed by atoms with E-state index in [1.54, 1.807) is 0 Å². The molecule has 112 valence electrons. The van der Waals surface area contributed by atoms with Crippen LogP contribution in [0, 0.1) is 0 Å². The smallest absolute Gasteiger partial charge is 0.377 e. The third-order valence-electron chi connectivity index (χ3n) is 2.61. The molecule has 0 saturated heterocycles. The third-order valence-corrected chi connectivity index (χ3v) is 2.61. The first-order chi connectivity index (χ1) is 10.2. The lowest BCUT2D eigenvalue weighted by molar-refractivity contribution is 0.0587. The van der Waals surface area contributed by atoms with Gasteiger partial charge in [-0.1, -0.05) is 6.92 Å². The molecule has 0 unspecified atom stereocenters. The number of hydrogen-bond donors (Lipinski definition) is 1. The molecule has 0 radical (unpaired) electrons. The van der Waals surface area contributed by atoms with Crippen molar-refractivity contribution in [2.24, 2.45) is 0 Å². The molecule has 9 heteroatoms. The number of methoxy groups -OCH3 is 2. The Morgan fingerprint density at radius 2 is 2.14 bits per heavy atom. The summed E-state index contributed by atoms with van der Waals surface area (Å²) in [5.41, 5.74) is 0. The SMILES string of the molecule is CCCNc1ncnc(-n2cnc(C(=O)OC)n2)c1OC. The van der Waals surface area contributed by atoms with Crippen molar-refractivity contribution >= 4 is 11.8 Å². The maximum atomic E-state index is 11.4. The van der Waals surface area contributed by atoms with Gasteiger partial charge in [0, 0.05) is 6.54 Å². The van der Waals surface area contributed by atoms with Crippen LogP contribution in [-0.2, 0) is 4.74 Å². The van der Waals surface area contributed by atoms with E-state index in [4.69, 9.17) is 4.74 Å². The molecule has 0 aromatic carbocycles. The van der Waals surface area contributed by atoms with E-state index in [0.29, 0.717) is 17.4 Å². The van der Waals surface area contributed by atoms with E-state index in [-0.39, 0.29) is 5.82 Å². The third kappa shape index (κ3) is 3.07. The minimum atomic E-state index is -0.619. The maximum Gasteiger partial charge on any atom is 0.377 e. The number of anilines is 1. The van der Waals surface area contributed by atoms with Gasteiger partial charge in [-0.25, -0.2) is 19.7 Å². The quantitative estimate of drug-likeness (QED) is 0.775. The van der Waals surface area contributed by atoms with Gasteiger partial charge in [0.25, 0.3) is 5.82 Å². The molecule has 2 aromatic heterocycles. The predicted octanol–water partition coefficient (Wildman–Crippen LogP) is 0.674. The molecule has 1 N–H and O–H groups in total. The average molecular weight is 292 g/mol. The van der Waals surface area contributed by atoms with Crippen molar-refractivity contribution in [3.8, 4) is 11.6 Å². The van der Waals surface area contributed by atoms with E-state index in [0.717, 1.165) is 13.0 Å². The van der Waals surface area contributed by atoms with E-state index in [1.807, 2.05) is 6.92 Å². The number of esters is 1. The van der Waals surface area contributed by atoms with Crippen LogP contribution in [0.3, 0.4) is 0 Å². The molecular formula is C12H16N6O3. The second-order valence-corrected chi connectivity index (χ2v) is 4.01. The van der Waals surface area contributed by atoms with Crippen LogP contribution in [0.2, 0.25) is 0 Å². The maximum absolute atomic E-state index is 11.4. The highest BCUT2D eigenvalue weighted by Gasteiger charge is 2.17. The molecule has 0 atom stereocenters. The highest BCUT2D eigenvalue weighted by atomic mass is 16.5. The zero-order chi connectivity index (χ0) is 15.2. The Bertz CT molecular complexity index is 627. The minimum Gasteiger partial charge on any atom is -0.490 e. The van der Waals surface area contributed by atoms with Crippen LogP contribution < -0.4 is 10.1 Å². The molecule has 0 amide bonds. The molecule has 2 rings (SSSR count). The fourth-order valence-electron chi connectivity index (χ4n) is 1.63. The zero-order valence-electron chi connectivity index (χ0n) is 12.0. The van der Waals surface area contributed by atoms with Crippen molar-refractivity contribution in [2.75, 3.05) is 26.1 Å². The summed E-state index contributed by atoms with van der Waals surface area (Å²) in [6.07, 6.45) is 3.69. The first-order valence-electron chi connectivity index (χ1n) is 6.34. The number of carbonyl (C=O) groups is 1. The summed E-state index contributed by atoms with van der Waals surface area (Å²) >= 11 is 0. The Labute approximate surface area is 121 Å². The van der Waals surface area contributed by atoms with Crippen LogP contribution in [0.15, 0.2) is 12.7 Å². The number of hydrogen-bond acceptors (Lipinski definition) is 8. The molecule has 2 aromatic rings. The van der Waals surface area contributed by atoms with Gasteiger partial charge in [-0.05, 0) is 6.42 Å². The van der Waals surface area contributed by atoms with Gasteiger partial charge in [-0.2, -0.15) is 4.68 Å². The van der Waals surface area contributed by atoms with E-state index >= 15 is 0 Å². The number of nitrogens with zero attached hydrogens (tertiary/aromatic N) is 5. The number of carbonyl (C=O) groups excluding carboxylic acids is 1. The fraction of sp³-hybridized carbons (Fsp3) is 0.417. The van der Waals surface area contributed by atoms with Crippen molar-refractivity contribution < 1.29 is 14.3 Å².